The van der Waals surface area contributed by atoms with Gasteiger partial charge in [0, 0.05) is 18.8 Å². The second-order valence-corrected chi connectivity index (χ2v) is 7.63. The molecule has 3 heterocycles. The lowest BCUT2D eigenvalue weighted by atomic mass is 9.95. The van der Waals surface area contributed by atoms with Gasteiger partial charge >= 0.3 is 5.97 Å². The van der Waals surface area contributed by atoms with E-state index in [0.717, 1.165) is 32.1 Å². The number of fused-ring (bicyclic) bond motifs is 6. The molecule has 27 heavy (non-hydrogen) atoms. The number of esters is 1. The number of hydrogen-bond donors (Lipinski definition) is 0. The van der Waals surface area contributed by atoms with Crippen LogP contribution in [0.15, 0.2) is 11.0 Å². The fourth-order valence-electron chi connectivity index (χ4n) is 4.78. The Morgan fingerprint density at radius 2 is 2.07 bits per heavy atom. The monoisotopic (exact) mass is 374 g/mol. The van der Waals surface area contributed by atoms with E-state index in [1.54, 1.807) is 11.5 Å². The molecule has 7 heteroatoms. The van der Waals surface area contributed by atoms with Crippen molar-refractivity contribution in [3.05, 3.63) is 27.7 Å². The van der Waals surface area contributed by atoms with Gasteiger partial charge in [-0.25, -0.2) is 4.79 Å². The molecule has 0 unspecified atom stereocenters. The molecule has 1 amide bonds. The Morgan fingerprint density at radius 1 is 1.26 bits per heavy atom. The zero-order valence-corrected chi connectivity index (χ0v) is 15.9. The van der Waals surface area contributed by atoms with Crippen molar-refractivity contribution in [2.75, 3.05) is 13.2 Å². The smallest absolute Gasteiger partial charge is 0.343 e. The van der Waals surface area contributed by atoms with Crippen LogP contribution in [0.3, 0.4) is 0 Å². The highest BCUT2D eigenvalue weighted by Gasteiger charge is 2.51. The summed E-state index contributed by atoms with van der Waals surface area (Å²) in [7, 11) is 0. The predicted molar refractivity (Wildman–Crippen MR) is 98.1 cm³/mol. The molecule has 0 N–H and O–H groups in total. The van der Waals surface area contributed by atoms with E-state index < -0.39 is 11.4 Å². The van der Waals surface area contributed by atoms with E-state index in [0.29, 0.717) is 19.1 Å². The number of pyridine rings is 1. The lowest BCUT2D eigenvalue weighted by molar-refractivity contribution is 0.0465. The maximum absolute atomic E-state index is 13.3. The highest BCUT2D eigenvalue weighted by Crippen LogP contribution is 2.46. The maximum Gasteiger partial charge on any atom is 0.343 e. The minimum atomic E-state index is -0.666. The van der Waals surface area contributed by atoms with E-state index in [-0.39, 0.29) is 41.6 Å². The number of unbranched alkanes of at least 4 members (excludes halogenated alkanes) is 1. The van der Waals surface area contributed by atoms with Gasteiger partial charge in [0.1, 0.15) is 5.56 Å². The van der Waals surface area contributed by atoms with Gasteiger partial charge in [0.2, 0.25) is 5.43 Å². The summed E-state index contributed by atoms with van der Waals surface area (Å²) in [4.78, 5) is 40.5. The number of carbonyl (C=O) groups excluding carboxylic acids is 2. The van der Waals surface area contributed by atoms with Gasteiger partial charge in [-0.15, -0.1) is 0 Å². The Bertz CT molecular complexity index is 830. The zero-order chi connectivity index (χ0) is 19.1. The fourth-order valence-corrected chi connectivity index (χ4v) is 4.78. The number of nitrogens with zero attached hydrogens (tertiary/aromatic N) is 2. The molecule has 2 aliphatic heterocycles. The molecule has 146 valence electrons. The van der Waals surface area contributed by atoms with Crippen molar-refractivity contribution in [3.63, 3.8) is 0 Å². The van der Waals surface area contributed by atoms with Crippen molar-refractivity contribution in [1.29, 1.82) is 0 Å². The SMILES string of the molecule is CCCCOc1c2n(cc(C(=O)OCC)c1=O)C[C@H]1[C@@H]3CC[C@@H](C3)N1C2=O. The molecule has 2 fully saturated rings. The number of hydrogen-bond acceptors (Lipinski definition) is 5. The molecule has 7 nitrogen and oxygen atoms in total. The zero-order valence-electron chi connectivity index (χ0n) is 15.9. The van der Waals surface area contributed by atoms with Gasteiger partial charge < -0.3 is 18.9 Å². The molecule has 1 aromatic heterocycles. The molecular weight excluding hydrogens is 348 g/mol. The quantitative estimate of drug-likeness (QED) is 0.564. The standard InChI is InChI=1S/C20H26N2O5/c1-3-5-8-27-18-16-19(24)22-13-7-6-12(9-13)15(22)11-21(16)10-14(17(18)23)20(25)26-4-2/h10,12-13,15H,3-9,11H2,1-2H3/t12-,13+,15+/m1/s1. The van der Waals surface area contributed by atoms with E-state index in [1.807, 2.05) is 11.8 Å². The van der Waals surface area contributed by atoms with Crippen LogP contribution >= 0.6 is 0 Å². The van der Waals surface area contributed by atoms with Gasteiger partial charge in [-0.2, -0.15) is 0 Å². The third-order valence-corrected chi connectivity index (χ3v) is 6.04. The van der Waals surface area contributed by atoms with Crippen LogP contribution in [-0.4, -0.2) is 46.6 Å². The summed E-state index contributed by atoms with van der Waals surface area (Å²) in [5.74, 6) is -0.305. The molecule has 0 spiro atoms. The van der Waals surface area contributed by atoms with Crippen LogP contribution in [0.1, 0.15) is 66.8 Å². The van der Waals surface area contributed by atoms with Crippen molar-refractivity contribution < 1.29 is 19.1 Å². The van der Waals surface area contributed by atoms with E-state index in [4.69, 9.17) is 9.47 Å². The van der Waals surface area contributed by atoms with Crippen LogP contribution in [-0.2, 0) is 11.3 Å². The van der Waals surface area contributed by atoms with Crippen molar-refractivity contribution in [1.82, 2.24) is 9.47 Å². The molecule has 3 atom stereocenters. The van der Waals surface area contributed by atoms with Crippen molar-refractivity contribution in [3.8, 4) is 5.75 Å². The minimum Gasteiger partial charge on any atom is -0.487 e. The lowest BCUT2D eigenvalue weighted by Crippen LogP contribution is -2.52. The normalized spacial score (nSPS) is 25.3. The topological polar surface area (TPSA) is 77.8 Å². The number of aromatic nitrogens is 1. The molecule has 2 bridgehead atoms. The summed E-state index contributed by atoms with van der Waals surface area (Å²) in [6.07, 6.45) is 6.37. The van der Waals surface area contributed by atoms with Crippen LogP contribution in [0.5, 0.6) is 5.75 Å². The van der Waals surface area contributed by atoms with Crippen LogP contribution in [0, 0.1) is 5.92 Å². The molecule has 0 radical (unpaired) electrons. The second-order valence-electron chi connectivity index (χ2n) is 7.63. The summed E-state index contributed by atoms with van der Waals surface area (Å²) in [5, 5.41) is 0. The van der Waals surface area contributed by atoms with Gasteiger partial charge in [0.15, 0.2) is 11.4 Å². The average Bonchev–Trinajstić information content (AvgIpc) is 3.25. The number of ether oxygens (including phenoxy) is 2. The molecule has 1 aliphatic carbocycles. The highest BCUT2D eigenvalue weighted by atomic mass is 16.5. The van der Waals surface area contributed by atoms with Gasteiger partial charge in [0.05, 0.1) is 19.3 Å². The third kappa shape index (κ3) is 2.84. The van der Waals surface area contributed by atoms with Crippen molar-refractivity contribution in [2.45, 2.75) is 64.6 Å². The molecular formula is C20H26N2O5. The maximum atomic E-state index is 13.3. The van der Waals surface area contributed by atoms with E-state index in [9.17, 15) is 14.4 Å². The van der Waals surface area contributed by atoms with Crippen LogP contribution in [0.4, 0.5) is 0 Å². The van der Waals surface area contributed by atoms with Gasteiger partial charge in [0.25, 0.3) is 5.91 Å². The molecule has 1 aromatic rings. The fraction of sp³-hybridized carbons (Fsp3) is 0.650. The number of piperidine rings is 1. The Hall–Kier alpha value is -2.31. The average molecular weight is 374 g/mol. The van der Waals surface area contributed by atoms with Gasteiger partial charge in [-0.05, 0) is 38.5 Å². The lowest BCUT2D eigenvalue weighted by Gasteiger charge is -2.40. The Kier molecular flexibility index (Phi) is 4.70. The second kappa shape index (κ2) is 7.02. The number of carbonyl (C=O) groups is 2. The van der Waals surface area contributed by atoms with E-state index >= 15 is 0 Å². The van der Waals surface area contributed by atoms with E-state index in [1.165, 1.54) is 6.20 Å². The largest absolute Gasteiger partial charge is 0.487 e. The summed E-state index contributed by atoms with van der Waals surface area (Å²) in [6.45, 7) is 4.85. The Balaban J connectivity index is 1.80. The first-order chi connectivity index (χ1) is 13.1. The highest BCUT2D eigenvalue weighted by molar-refractivity contribution is 5.98. The van der Waals surface area contributed by atoms with Crippen LogP contribution < -0.4 is 10.2 Å². The molecule has 4 rings (SSSR count). The first kappa shape index (κ1) is 18.1. The molecule has 1 saturated carbocycles. The number of amides is 1. The summed E-state index contributed by atoms with van der Waals surface area (Å²) in [5.41, 5.74) is -0.323. The van der Waals surface area contributed by atoms with Crippen molar-refractivity contribution >= 4 is 11.9 Å². The molecule has 3 aliphatic rings. The van der Waals surface area contributed by atoms with Gasteiger partial charge in [-0.3, -0.25) is 9.59 Å². The molecule has 0 aromatic carbocycles. The summed E-state index contributed by atoms with van der Waals surface area (Å²) >= 11 is 0. The minimum absolute atomic E-state index is 0.000210. The molecule has 1 saturated heterocycles. The van der Waals surface area contributed by atoms with Crippen LogP contribution in [0.25, 0.3) is 0 Å². The Morgan fingerprint density at radius 3 is 2.81 bits per heavy atom. The van der Waals surface area contributed by atoms with E-state index in [2.05, 4.69) is 0 Å². The first-order valence-electron chi connectivity index (χ1n) is 9.96. The predicted octanol–water partition coefficient (Wildman–Crippen LogP) is 2.21. The first-order valence-corrected chi connectivity index (χ1v) is 9.96. The summed E-state index contributed by atoms with van der Waals surface area (Å²) in [6, 6.07) is 0.411. The van der Waals surface area contributed by atoms with Gasteiger partial charge in [-0.1, -0.05) is 13.3 Å². The number of rotatable bonds is 6. The Labute approximate surface area is 158 Å². The summed E-state index contributed by atoms with van der Waals surface area (Å²) < 4.78 is 12.5. The van der Waals surface area contributed by atoms with Crippen molar-refractivity contribution in [2.24, 2.45) is 5.92 Å². The van der Waals surface area contributed by atoms with Crippen LogP contribution in [0.2, 0.25) is 0 Å². The third-order valence-electron chi connectivity index (χ3n) is 6.04.